The minimum absolute atomic E-state index is 0.0470. The van der Waals surface area contributed by atoms with Crippen molar-refractivity contribution in [3.8, 4) is 0 Å². The molecule has 9 N–H and O–H groups in total. The minimum Gasteiger partial charge on any atom is -0.481 e. The molecule has 14 heteroatoms. The van der Waals surface area contributed by atoms with Gasteiger partial charge in [0.1, 0.15) is 18.1 Å². The summed E-state index contributed by atoms with van der Waals surface area (Å²) in [5, 5.41) is 25.5. The van der Waals surface area contributed by atoms with Crippen molar-refractivity contribution in [1.82, 2.24) is 16.0 Å². The highest BCUT2D eigenvalue weighted by Crippen LogP contribution is 2.07. The number of carboxylic acids is 2. The first-order chi connectivity index (χ1) is 16.9. The lowest BCUT2D eigenvalue weighted by Gasteiger charge is -2.24. The standard InChI is InChI=1S/C22H31N5O8S/c1-36-8-7-14(22(34)35)25-21(33)16(11-18(29)30)27-20(32)15(9-12-5-3-2-4-6-12)26-19(31)13(23)10-17(24)28/h2-6,13-16H,7-11,23H2,1H3,(H2,24,28)(H,25,33)(H,26,31)(H,27,32)(H,29,30)(H,34,35). The smallest absolute Gasteiger partial charge is 0.326 e. The van der Waals surface area contributed by atoms with Gasteiger partial charge in [-0.2, -0.15) is 11.8 Å². The van der Waals surface area contributed by atoms with Gasteiger partial charge in [-0.1, -0.05) is 30.3 Å². The molecule has 1 aromatic carbocycles. The molecule has 0 radical (unpaired) electrons. The van der Waals surface area contributed by atoms with Crippen molar-refractivity contribution in [3.05, 3.63) is 35.9 Å². The molecule has 0 heterocycles. The average molecular weight is 526 g/mol. The highest BCUT2D eigenvalue weighted by atomic mass is 32.2. The van der Waals surface area contributed by atoms with Gasteiger partial charge in [-0.3, -0.25) is 24.0 Å². The Kier molecular flexibility index (Phi) is 13.0. The number of carbonyl (C=O) groups is 6. The van der Waals surface area contributed by atoms with Crippen molar-refractivity contribution in [2.45, 2.75) is 49.9 Å². The number of carboxylic acid groups (broad SMARTS) is 2. The molecular weight excluding hydrogens is 494 g/mol. The summed E-state index contributed by atoms with van der Waals surface area (Å²) in [5.74, 6) is -5.90. The van der Waals surface area contributed by atoms with E-state index in [2.05, 4.69) is 16.0 Å². The summed E-state index contributed by atoms with van der Waals surface area (Å²) in [4.78, 5) is 72.1. The van der Waals surface area contributed by atoms with Crippen LogP contribution in [0.2, 0.25) is 0 Å². The summed E-state index contributed by atoms with van der Waals surface area (Å²) in [6, 6.07) is 2.96. The van der Waals surface area contributed by atoms with Gasteiger partial charge in [-0.15, -0.1) is 0 Å². The van der Waals surface area contributed by atoms with E-state index in [4.69, 9.17) is 11.5 Å². The summed E-state index contributed by atoms with van der Waals surface area (Å²) in [6.07, 6.45) is 0.488. The van der Waals surface area contributed by atoms with Gasteiger partial charge in [0.25, 0.3) is 0 Å². The van der Waals surface area contributed by atoms with Crippen molar-refractivity contribution >= 4 is 47.3 Å². The Bertz CT molecular complexity index is 946. The maximum atomic E-state index is 13.1. The molecule has 198 valence electrons. The number of thioether (sulfide) groups is 1. The fraction of sp³-hybridized carbons (Fsp3) is 0.455. The second-order valence-electron chi connectivity index (χ2n) is 7.87. The van der Waals surface area contributed by atoms with Gasteiger partial charge in [0.05, 0.1) is 18.9 Å². The van der Waals surface area contributed by atoms with Crippen LogP contribution in [-0.4, -0.2) is 82.0 Å². The van der Waals surface area contributed by atoms with Crippen molar-refractivity contribution in [2.75, 3.05) is 12.0 Å². The second-order valence-corrected chi connectivity index (χ2v) is 8.85. The molecule has 4 amide bonds. The Morgan fingerprint density at radius 2 is 1.42 bits per heavy atom. The zero-order valence-corrected chi connectivity index (χ0v) is 20.5. The van der Waals surface area contributed by atoms with Gasteiger partial charge in [-0.05, 0) is 24.0 Å². The van der Waals surface area contributed by atoms with Crippen LogP contribution in [0.4, 0.5) is 0 Å². The maximum Gasteiger partial charge on any atom is 0.326 e. The van der Waals surface area contributed by atoms with Crippen LogP contribution in [0.3, 0.4) is 0 Å². The van der Waals surface area contributed by atoms with E-state index in [9.17, 15) is 39.0 Å². The van der Waals surface area contributed by atoms with E-state index >= 15 is 0 Å². The van der Waals surface area contributed by atoms with Crippen LogP contribution in [0.1, 0.15) is 24.8 Å². The SMILES string of the molecule is CSCCC(NC(=O)C(CC(=O)O)NC(=O)C(Cc1ccccc1)NC(=O)C(N)CC(N)=O)C(=O)O. The number of nitrogens with one attached hydrogen (secondary N) is 3. The van der Waals surface area contributed by atoms with Crippen LogP contribution in [0.25, 0.3) is 0 Å². The average Bonchev–Trinajstić information content (AvgIpc) is 2.80. The first kappa shape index (κ1) is 30.4. The van der Waals surface area contributed by atoms with E-state index < -0.39 is 72.6 Å². The third kappa shape index (κ3) is 11.2. The van der Waals surface area contributed by atoms with Gasteiger partial charge in [0.2, 0.25) is 23.6 Å². The number of hydrogen-bond donors (Lipinski definition) is 7. The molecule has 0 spiro atoms. The van der Waals surface area contributed by atoms with E-state index in [1.165, 1.54) is 11.8 Å². The lowest BCUT2D eigenvalue weighted by atomic mass is 10.0. The molecule has 36 heavy (non-hydrogen) atoms. The van der Waals surface area contributed by atoms with E-state index in [-0.39, 0.29) is 12.8 Å². The number of aliphatic carboxylic acids is 2. The second kappa shape index (κ2) is 15.4. The number of carbonyl (C=O) groups excluding carboxylic acids is 4. The largest absolute Gasteiger partial charge is 0.481 e. The number of primary amides is 1. The fourth-order valence-electron chi connectivity index (χ4n) is 3.07. The van der Waals surface area contributed by atoms with Gasteiger partial charge in [0, 0.05) is 6.42 Å². The van der Waals surface area contributed by atoms with Crippen LogP contribution in [0, 0.1) is 0 Å². The molecule has 0 bridgehead atoms. The quantitative estimate of drug-likeness (QED) is 0.128. The molecular formula is C22H31N5O8S. The summed E-state index contributed by atoms with van der Waals surface area (Å²) in [7, 11) is 0. The molecule has 0 aliphatic carbocycles. The third-order valence-corrected chi connectivity index (χ3v) is 5.55. The van der Waals surface area contributed by atoms with E-state index in [0.717, 1.165) is 0 Å². The molecule has 0 aliphatic heterocycles. The first-order valence-electron chi connectivity index (χ1n) is 10.9. The monoisotopic (exact) mass is 525 g/mol. The molecule has 1 aromatic rings. The van der Waals surface area contributed by atoms with Crippen LogP contribution < -0.4 is 27.4 Å². The summed E-state index contributed by atoms with van der Waals surface area (Å²) < 4.78 is 0. The zero-order valence-electron chi connectivity index (χ0n) is 19.6. The predicted molar refractivity (Wildman–Crippen MR) is 131 cm³/mol. The van der Waals surface area contributed by atoms with E-state index in [1.54, 1.807) is 36.6 Å². The van der Waals surface area contributed by atoms with E-state index in [0.29, 0.717) is 11.3 Å². The molecule has 4 unspecified atom stereocenters. The third-order valence-electron chi connectivity index (χ3n) is 4.91. The Balaban J connectivity index is 3.09. The molecule has 4 atom stereocenters. The van der Waals surface area contributed by atoms with Crippen molar-refractivity contribution in [2.24, 2.45) is 11.5 Å². The topological polar surface area (TPSA) is 231 Å². The van der Waals surface area contributed by atoms with Crippen LogP contribution in [-0.2, 0) is 35.2 Å². The highest BCUT2D eigenvalue weighted by Gasteiger charge is 2.31. The summed E-state index contributed by atoms with van der Waals surface area (Å²) in [5.41, 5.74) is 11.3. The Labute approximate surface area is 211 Å². The lowest BCUT2D eigenvalue weighted by molar-refractivity contribution is -0.143. The van der Waals surface area contributed by atoms with Crippen molar-refractivity contribution in [3.63, 3.8) is 0 Å². The van der Waals surface area contributed by atoms with Gasteiger partial charge < -0.3 is 37.6 Å². The first-order valence-corrected chi connectivity index (χ1v) is 12.3. The van der Waals surface area contributed by atoms with Crippen LogP contribution in [0.15, 0.2) is 30.3 Å². The summed E-state index contributed by atoms with van der Waals surface area (Å²) in [6.45, 7) is 0. The zero-order chi connectivity index (χ0) is 27.3. The van der Waals surface area contributed by atoms with E-state index in [1.807, 2.05) is 0 Å². The Morgan fingerprint density at radius 1 is 0.861 bits per heavy atom. The number of nitrogens with two attached hydrogens (primary N) is 2. The van der Waals surface area contributed by atoms with Crippen molar-refractivity contribution in [1.29, 1.82) is 0 Å². The maximum absolute atomic E-state index is 13.1. The predicted octanol–water partition coefficient (Wildman–Crippen LogP) is -1.80. The van der Waals surface area contributed by atoms with Crippen LogP contribution >= 0.6 is 11.8 Å². The molecule has 0 aliphatic rings. The normalized spacial score (nSPS) is 13.9. The van der Waals surface area contributed by atoms with Gasteiger partial charge in [-0.25, -0.2) is 4.79 Å². The minimum atomic E-state index is -1.62. The number of amides is 4. The molecule has 0 saturated carbocycles. The molecule has 0 saturated heterocycles. The van der Waals surface area contributed by atoms with Gasteiger partial charge in [0.15, 0.2) is 0 Å². The number of benzene rings is 1. The molecule has 1 rings (SSSR count). The highest BCUT2D eigenvalue weighted by molar-refractivity contribution is 7.98. The fourth-order valence-corrected chi connectivity index (χ4v) is 3.54. The lowest BCUT2D eigenvalue weighted by Crippen LogP contribution is -2.58. The number of hydrogen-bond acceptors (Lipinski definition) is 8. The Hall–Kier alpha value is -3.65. The molecule has 0 aromatic heterocycles. The Morgan fingerprint density at radius 3 is 1.94 bits per heavy atom. The van der Waals surface area contributed by atoms with Gasteiger partial charge >= 0.3 is 11.9 Å². The summed E-state index contributed by atoms with van der Waals surface area (Å²) >= 11 is 1.36. The van der Waals surface area contributed by atoms with Crippen molar-refractivity contribution < 1.29 is 39.0 Å². The van der Waals surface area contributed by atoms with Crippen LogP contribution in [0.5, 0.6) is 0 Å². The molecule has 0 fully saturated rings. The number of rotatable bonds is 16. The molecule has 13 nitrogen and oxygen atoms in total.